The first-order valence-corrected chi connectivity index (χ1v) is 15.9. The Morgan fingerprint density at radius 2 is 1.72 bits per heavy atom. The Morgan fingerprint density at radius 3 is 2.43 bits per heavy atom. The van der Waals surface area contributed by atoms with Crippen molar-refractivity contribution in [1.82, 2.24) is 4.98 Å². The Balaban J connectivity index is 1.29. The third-order valence-corrected chi connectivity index (χ3v) is 10.0. The number of halogens is 3. The molecular weight excluding hydrogens is 643 g/mol. The van der Waals surface area contributed by atoms with Crippen LogP contribution in [0.5, 0.6) is 11.5 Å². The van der Waals surface area contributed by atoms with E-state index in [2.05, 4.69) is 10.3 Å². The highest BCUT2D eigenvalue weighted by Crippen LogP contribution is 2.53. The summed E-state index contributed by atoms with van der Waals surface area (Å²) >= 11 is 2.13. The van der Waals surface area contributed by atoms with Crippen molar-refractivity contribution in [2.75, 3.05) is 23.4 Å². The zero-order valence-electron chi connectivity index (χ0n) is 24.3. The van der Waals surface area contributed by atoms with Crippen LogP contribution in [0.2, 0.25) is 0 Å². The fourth-order valence-electron chi connectivity index (χ4n) is 5.60. The van der Waals surface area contributed by atoms with E-state index < -0.39 is 52.9 Å². The molecule has 3 amide bonds. The Morgan fingerprint density at radius 1 is 0.978 bits per heavy atom. The van der Waals surface area contributed by atoms with Gasteiger partial charge in [-0.2, -0.15) is 13.2 Å². The lowest BCUT2D eigenvalue weighted by molar-refractivity contribution is -0.137. The lowest BCUT2D eigenvalue weighted by atomic mass is 9.83. The van der Waals surface area contributed by atoms with Crippen molar-refractivity contribution < 1.29 is 37.0 Å². The second-order valence-corrected chi connectivity index (χ2v) is 12.8. The number of aryl methyl sites for hydroxylation is 1. The number of hydrogen-bond donors (Lipinski definition) is 2. The monoisotopic (exact) mass is 669 g/mol. The van der Waals surface area contributed by atoms with Gasteiger partial charge in [0, 0.05) is 10.8 Å². The second kappa shape index (κ2) is 12.3. The first-order valence-electron chi connectivity index (χ1n) is 14.2. The molecule has 1 fully saturated rings. The first kappa shape index (κ1) is 31.4. The summed E-state index contributed by atoms with van der Waals surface area (Å²) in [7, 11) is 0. The molecule has 238 valence electrons. The quantitative estimate of drug-likeness (QED) is 0.222. The van der Waals surface area contributed by atoms with Crippen LogP contribution in [-0.2, 0) is 20.6 Å². The molecule has 3 aromatic carbocycles. The molecule has 46 heavy (non-hydrogen) atoms. The van der Waals surface area contributed by atoms with Gasteiger partial charge in [0.25, 0.3) is 5.91 Å². The largest absolute Gasteiger partial charge is 0.490 e. The number of rotatable bonds is 8. The van der Waals surface area contributed by atoms with Crippen molar-refractivity contribution in [3.8, 4) is 11.5 Å². The predicted molar refractivity (Wildman–Crippen MR) is 167 cm³/mol. The molecule has 2 aliphatic heterocycles. The molecule has 3 heterocycles. The van der Waals surface area contributed by atoms with E-state index >= 15 is 0 Å². The van der Waals surface area contributed by atoms with Crippen LogP contribution in [0.4, 0.5) is 24.5 Å². The number of para-hydroxylation sites is 1. The molecule has 9 nitrogen and oxygen atoms in total. The molecule has 0 saturated carbocycles. The molecule has 2 N–H and O–H groups in total. The number of aromatic amines is 1. The van der Waals surface area contributed by atoms with Gasteiger partial charge in [-0.05, 0) is 55.8 Å². The van der Waals surface area contributed by atoms with Crippen molar-refractivity contribution in [3.63, 3.8) is 0 Å². The summed E-state index contributed by atoms with van der Waals surface area (Å²) in [5, 5.41) is 1.97. The van der Waals surface area contributed by atoms with Crippen LogP contribution in [-0.4, -0.2) is 41.2 Å². The van der Waals surface area contributed by atoms with Crippen LogP contribution < -0.4 is 24.6 Å². The molecule has 6 rings (SSSR count). The van der Waals surface area contributed by atoms with Crippen LogP contribution in [0.25, 0.3) is 0 Å². The van der Waals surface area contributed by atoms with E-state index in [4.69, 9.17) is 9.47 Å². The number of H-pyrrole nitrogens is 1. The maximum absolute atomic E-state index is 14.0. The summed E-state index contributed by atoms with van der Waals surface area (Å²) < 4.78 is 51.5. The van der Waals surface area contributed by atoms with Crippen molar-refractivity contribution >= 4 is 52.2 Å². The van der Waals surface area contributed by atoms with E-state index in [9.17, 15) is 32.3 Å². The number of anilines is 2. The van der Waals surface area contributed by atoms with Gasteiger partial charge >= 0.3 is 11.0 Å². The maximum atomic E-state index is 14.0. The van der Waals surface area contributed by atoms with Gasteiger partial charge in [0.15, 0.2) is 18.1 Å². The molecule has 14 heteroatoms. The number of nitrogens with zero attached hydrogens (tertiary/aromatic N) is 1. The number of imide groups is 1. The van der Waals surface area contributed by atoms with Crippen molar-refractivity contribution in [3.05, 3.63) is 98.0 Å². The first-order chi connectivity index (χ1) is 22.0. The van der Waals surface area contributed by atoms with E-state index in [1.165, 1.54) is 23.1 Å². The van der Waals surface area contributed by atoms with Gasteiger partial charge in [0.1, 0.15) is 5.25 Å². The standard InChI is InChI=1S/C32H26F3N3O6S2/c1-3-43-22-14-17(10-13-21(22)44-15-23(39)36-20-7-5-4-6-19(20)32(33,34)35)24-25-27(45-28-26(24)46-31(42)37-28)30(41)38(29(25)40)18-11-8-16(2)9-12-18/h4-14,24-25,27H,3,15H2,1-2H3,(H,36,39)(H,37,42)/t24-,25?,27?/m1/s1. The summed E-state index contributed by atoms with van der Waals surface area (Å²) in [6, 6.07) is 16.5. The SMILES string of the molecule is CCOc1cc([C@H]2c3sc(=O)[nH]c3SC3C(=O)N(c4ccc(C)cc4)C(=O)C32)ccc1OCC(=O)Nc1ccccc1C(F)(F)F. The number of amides is 3. The number of fused-ring (bicyclic) bond motifs is 2. The lowest BCUT2D eigenvalue weighted by Crippen LogP contribution is -2.32. The van der Waals surface area contributed by atoms with Crippen LogP contribution in [0.15, 0.2) is 76.6 Å². The highest BCUT2D eigenvalue weighted by atomic mass is 32.2. The number of carbonyl (C=O) groups excluding carboxylic acids is 3. The molecule has 0 radical (unpaired) electrons. The molecule has 4 aromatic rings. The molecular formula is C32H26F3N3O6S2. The molecule has 1 aromatic heterocycles. The fourth-order valence-corrected chi connectivity index (χ4v) is 8.11. The van der Waals surface area contributed by atoms with Gasteiger partial charge in [-0.1, -0.05) is 59.0 Å². The third kappa shape index (κ3) is 5.89. The lowest BCUT2D eigenvalue weighted by Gasteiger charge is -2.30. The minimum Gasteiger partial charge on any atom is -0.490 e. The molecule has 0 aliphatic carbocycles. The molecule has 0 bridgehead atoms. The topological polar surface area (TPSA) is 118 Å². The molecule has 2 aliphatic rings. The second-order valence-electron chi connectivity index (χ2n) is 10.6. The predicted octanol–water partition coefficient (Wildman–Crippen LogP) is 5.98. The highest BCUT2D eigenvalue weighted by Gasteiger charge is 2.56. The molecule has 0 spiro atoms. The van der Waals surface area contributed by atoms with Crippen LogP contribution in [0.1, 0.15) is 34.4 Å². The maximum Gasteiger partial charge on any atom is 0.418 e. The minimum atomic E-state index is -4.66. The summed E-state index contributed by atoms with van der Waals surface area (Å²) in [5.74, 6) is -2.72. The Kier molecular flexibility index (Phi) is 8.42. The zero-order chi connectivity index (χ0) is 32.7. The van der Waals surface area contributed by atoms with Gasteiger partial charge in [0.05, 0.1) is 34.5 Å². The van der Waals surface area contributed by atoms with Crippen LogP contribution in [0, 0.1) is 12.8 Å². The normalized spacial score (nSPS) is 19.1. The number of ether oxygens (including phenoxy) is 2. The van der Waals surface area contributed by atoms with E-state index in [1.807, 2.05) is 19.1 Å². The van der Waals surface area contributed by atoms with Gasteiger partial charge in [0.2, 0.25) is 11.8 Å². The smallest absolute Gasteiger partial charge is 0.418 e. The summed E-state index contributed by atoms with van der Waals surface area (Å²) in [6.45, 7) is 3.23. The summed E-state index contributed by atoms with van der Waals surface area (Å²) in [4.78, 5) is 56.9. The molecule has 3 atom stereocenters. The fraction of sp³-hybridized carbons (Fsp3) is 0.250. The number of benzene rings is 3. The number of aromatic nitrogens is 1. The zero-order valence-corrected chi connectivity index (χ0v) is 26.0. The van der Waals surface area contributed by atoms with Gasteiger partial charge in [-0.3, -0.25) is 19.2 Å². The van der Waals surface area contributed by atoms with Crippen molar-refractivity contribution in [2.45, 2.75) is 36.2 Å². The van der Waals surface area contributed by atoms with Crippen molar-refractivity contribution in [2.24, 2.45) is 5.92 Å². The third-order valence-electron chi connectivity index (χ3n) is 7.61. The Labute approximate surface area is 268 Å². The minimum absolute atomic E-state index is 0.143. The van der Waals surface area contributed by atoms with Gasteiger partial charge in [-0.25, -0.2) is 4.90 Å². The number of alkyl halides is 3. The van der Waals surface area contributed by atoms with Gasteiger partial charge in [-0.15, -0.1) is 0 Å². The number of carbonyl (C=O) groups is 3. The Bertz CT molecular complexity index is 1890. The van der Waals surface area contributed by atoms with Gasteiger partial charge < -0.3 is 19.8 Å². The van der Waals surface area contributed by atoms with E-state index in [0.717, 1.165) is 40.8 Å². The average molecular weight is 670 g/mol. The van der Waals surface area contributed by atoms with Crippen LogP contribution in [0.3, 0.4) is 0 Å². The van der Waals surface area contributed by atoms with E-state index in [1.54, 1.807) is 31.2 Å². The van der Waals surface area contributed by atoms with Crippen LogP contribution >= 0.6 is 23.1 Å². The molecule has 1 saturated heterocycles. The Hall–Kier alpha value is -4.56. The average Bonchev–Trinajstić information content (AvgIpc) is 3.50. The van der Waals surface area contributed by atoms with E-state index in [-0.39, 0.29) is 28.9 Å². The molecule has 2 unspecified atom stereocenters. The summed E-state index contributed by atoms with van der Waals surface area (Å²) in [6.07, 6.45) is -4.66. The van der Waals surface area contributed by atoms with E-state index in [0.29, 0.717) is 21.2 Å². The number of thioether (sulfide) groups is 1. The number of hydrogen-bond acceptors (Lipinski definition) is 8. The summed E-state index contributed by atoms with van der Waals surface area (Å²) in [5.41, 5.74) is 0.630. The number of thiazole rings is 1. The van der Waals surface area contributed by atoms with Crippen molar-refractivity contribution in [1.29, 1.82) is 0 Å². The number of nitrogens with one attached hydrogen (secondary N) is 2. The highest BCUT2D eigenvalue weighted by molar-refractivity contribution is 8.00.